The molecule has 0 amide bonds. The Morgan fingerprint density at radius 3 is 2.71 bits per heavy atom. The number of nitro benzene ring substituents is 1. The van der Waals surface area contributed by atoms with Gasteiger partial charge in [0.1, 0.15) is 0 Å². The molecule has 2 aromatic rings. The van der Waals surface area contributed by atoms with Gasteiger partial charge in [0.25, 0.3) is 5.69 Å². The predicted octanol–water partition coefficient (Wildman–Crippen LogP) is 3.01. The van der Waals surface area contributed by atoms with Gasteiger partial charge in [-0.1, -0.05) is 13.8 Å². The zero-order valence-corrected chi connectivity index (χ0v) is 12.3. The molecular formula is C14H18N4O3. The Labute approximate surface area is 122 Å². The molecule has 2 rings (SSSR count). The van der Waals surface area contributed by atoms with Crippen LogP contribution in [0.1, 0.15) is 37.8 Å². The van der Waals surface area contributed by atoms with Crippen molar-refractivity contribution in [3.8, 4) is 11.5 Å². The number of rotatable bonds is 6. The van der Waals surface area contributed by atoms with Gasteiger partial charge in [0.15, 0.2) is 0 Å². The number of hydrogen-bond acceptors (Lipinski definition) is 6. The predicted molar refractivity (Wildman–Crippen MR) is 77.8 cm³/mol. The summed E-state index contributed by atoms with van der Waals surface area (Å²) in [4.78, 5) is 10.4. The fourth-order valence-corrected chi connectivity index (χ4v) is 2.14. The van der Waals surface area contributed by atoms with Crippen LogP contribution in [0.15, 0.2) is 22.6 Å². The molecule has 112 valence electrons. The second-order valence-corrected chi connectivity index (χ2v) is 4.72. The number of nitrogens with one attached hydrogen (secondary N) is 1. The highest BCUT2D eigenvalue weighted by Crippen LogP contribution is 2.26. The van der Waals surface area contributed by atoms with Crippen LogP contribution in [0, 0.1) is 17.0 Å². The van der Waals surface area contributed by atoms with E-state index in [4.69, 9.17) is 4.42 Å². The lowest BCUT2D eigenvalue weighted by molar-refractivity contribution is -0.385. The first-order valence-corrected chi connectivity index (χ1v) is 6.89. The summed E-state index contributed by atoms with van der Waals surface area (Å²) in [7, 11) is 0. The van der Waals surface area contributed by atoms with Gasteiger partial charge in [0.2, 0.25) is 11.8 Å². The Kier molecular flexibility index (Phi) is 4.64. The van der Waals surface area contributed by atoms with Gasteiger partial charge in [-0.15, -0.1) is 10.2 Å². The first-order chi connectivity index (χ1) is 10.1. The molecule has 1 unspecified atom stereocenters. The topological polar surface area (TPSA) is 94.1 Å². The van der Waals surface area contributed by atoms with E-state index in [1.54, 1.807) is 19.1 Å². The van der Waals surface area contributed by atoms with E-state index in [1.807, 2.05) is 13.8 Å². The lowest BCUT2D eigenvalue weighted by Crippen LogP contribution is -2.20. The minimum Gasteiger partial charge on any atom is -0.419 e. The molecule has 7 nitrogen and oxygen atoms in total. The summed E-state index contributed by atoms with van der Waals surface area (Å²) in [5, 5.41) is 22.2. The second kappa shape index (κ2) is 6.45. The van der Waals surface area contributed by atoms with Crippen molar-refractivity contribution < 1.29 is 9.34 Å². The first-order valence-electron chi connectivity index (χ1n) is 6.89. The summed E-state index contributed by atoms with van der Waals surface area (Å²) in [6.07, 6.45) is 0.842. The maximum Gasteiger partial charge on any atom is 0.272 e. The Morgan fingerprint density at radius 1 is 1.38 bits per heavy atom. The molecule has 1 atom stereocenters. The van der Waals surface area contributed by atoms with E-state index in [0.717, 1.165) is 13.0 Å². The van der Waals surface area contributed by atoms with Crippen LogP contribution >= 0.6 is 0 Å². The van der Waals surface area contributed by atoms with Crippen LogP contribution in [-0.4, -0.2) is 21.7 Å². The fraction of sp³-hybridized carbons (Fsp3) is 0.429. The molecule has 0 bridgehead atoms. The SMILES string of the molecule is CCNC(CC)c1nnc(-c2ccc([N+](=O)[O-])c(C)c2)o1. The first kappa shape index (κ1) is 15.1. The molecule has 1 N–H and O–H groups in total. The van der Waals surface area contributed by atoms with Gasteiger partial charge >= 0.3 is 0 Å². The molecule has 0 aliphatic carbocycles. The molecule has 0 aliphatic rings. The zero-order valence-electron chi connectivity index (χ0n) is 12.3. The lowest BCUT2D eigenvalue weighted by atomic mass is 10.1. The van der Waals surface area contributed by atoms with Crippen LogP contribution < -0.4 is 5.32 Å². The Hall–Kier alpha value is -2.28. The van der Waals surface area contributed by atoms with Gasteiger partial charge in [0, 0.05) is 17.2 Å². The molecule has 7 heteroatoms. The summed E-state index contributed by atoms with van der Waals surface area (Å²) in [6.45, 7) is 6.55. The number of aromatic nitrogens is 2. The standard InChI is InChI=1S/C14H18N4O3/c1-4-11(15-5-2)14-17-16-13(21-14)10-6-7-12(18(19)20)9(3)8-10/h6-8,11,15H,4-5H2,1-3H3. The number of nitro groups is 1. The minimum atomic E-state index is -0.406. The van der Waals surface area contributed by atoms with Gasteiger partial charge in [-0.05, 0) is 32.0 Å². The molecule has 0 aliphatic heterocycles. The lowest BCUT2D eigenvalue weighted by Gasteiger charge is -2.10. The number of nitrogens with zero attached hydrogens (tertiary/aromatic N) is 3. The average Bonchev–Trinajstić information content (AvgIpc) is 2.93. The summed E-state index contributed by atoms with van der Waals surface area (Å²) in [6, 6.07) is 4.78. The van der Waals surface area contributed by atoms with Crippen molar-refractivity contribution in [3.63, 3.8) is 0 Å². The third kappa shape index (κ3) is 3.25. The van der Waals surface area contributed by atoms with E-state index in [9.17, 15) is 10.1 Å². The van der Waals surface area contributed by atoms with E-state index in [0.29, 0.717) is 22.9 Å². The molecule has 1 aromatic carbocycles. The Bertz CT molecular complexity index is 639. The molecular weight excluding hydrogens is 272 g/mol. The van der Waals surface area contributed by atoms with Crippen LogP contribution in [0.5, 0.6) is 0 Å². The fourth-order valence-electron chi connectivity index (χ4n) is 2.14. The Balaban J connectivity index is 2.29. The molecule has 0 saturated carbocycles. The maximum atomic E-state index is 10.8. The molecule has 1 aromatic heterocycles. The van der Waals surface area contributed by atoms with Crippen LogP contribution in [0.25, 0.3) is 11.5 Å². The summed E-state index contributed by atoms with van der Waals surface area (Å²) < 4.78 is 5.68. The highest BCUT2D eigenvalue weighted by Gasteiger charge is 2.18. The molecule has 0 spiro atoms. The summed E-state index contributed by atoms with van der Waals surface area (Å²) >= 11 is 0. The Morgan fingerprint density at radius 2 is 2.14 bits per heavy atom. The van der Waals surface area contributed by atoms with Gasteiger partial charge < -0.3 is 9.73 Å². The molecule has 0 fully saturated rings. The third-order valence-corrected chi connectivity index (χ3v) is 3.24. The summed E-state index contributed by atoms with van der Waals surface area (Å²) in [5.74, 6) is 0.907. The van der Waals surface area contributed by atoms with Gasteiger partial charge in [-0.3, -0.25) is 10.1 Å². The van der Waals surface area contributed by atoms with Crippen molar-refractivity contribution in [2.24, 2.45) is 0 Å². The molecule has 21 heavy (non-hydrogen) atoms. The highest BCUT2D eigenvalue weighted by molar-refractivity contribution is 5.58. The van der Waals surface area contributed by atoms with Gasteiger partial charge in [0.05, 0.1) is 11.0 Å². The van der Waals surface area contributed by atoms with Crippen molar-refractivity contribution in [2.75, 3.05) is 6.54 Å². The van der Waals surface area contributed by atoms with Crippen molar-refractivity contribution >= 4 is 5.69 Å². The maximum absolute atomic E-state index is 10.8. The smallest absolute Gasteiger partial charge is 0.272 e. The highest BCUT2D eigenvalue weighted by atomic mass is 16.6. The van der Waals surface area contributed by atoms with E-state index < -0.39 is 4.92 Å². The molecule has 0 saturated heterocycles. The number of benzene rings is 1. The summed E-state index contributed by atoms with van der Waals surface area (Å²) in [5.41, 5.74) is 1.33. The van der Waals surface area contributed by atoms with Crippen molar-refractivity contribution in [2.45, 2.75) is 33.2 Å². The van der Waals surface area contributed by atoms with Crippen molar-refractivity contribution in [3.05, 3.63) is 39.8 Å². The van der Waals surface area contributed by atoms with Crippen LogP contribution in [0.4, 0.5) is 5.69 Å². The molecule has 1 heterocycles. The van der Waals surface area contributed by atoms with E-state index in [1.165, 1.54) is 6.07 Å². The van der Waals surface area contributed by atoms with Crippen molar-refractivity contribution in [1.82, 2.24) is 15.5 Å². The van der Waals surface area contributed by atoms with E-state index >= 15 is 0 Å². The quantitative estimate of drug-likeness (QED) is 0.649. The monoisotopic (exact) mass is 290 g/mol. The second-order valence-electron chi connectivity index (χ2n) is 4.72. The van der Waals surface area contributed by atoms with Crippen LogP contribution in [0.3, 0.4) is 0 Å². The van der Waals surface area contributed by atoms with Crippen LogP contribution in [-0.2, 0) is 0 Å². The van der Waals surface area contributed by atoms with Crippen LogP contribution in [0.2, 0.25) is 0 Å². The molecule has 0 radical (unpaired) electrons. The number of aryl methyl sites for hydroxylation is 1. The zero-order chi connectivity index (χ0) is 15.4. The van der Waals surface area contributed by atoms with Gasteiger partial charge in [-0.25, -0.2) is 0 Å². The number of hydrogen-bond donors (Lipinski definition) is 1. The average molecular weight is 290 g/mol. The third-order valence-electron chi connectivity index (χ3n) is 3.24. The normalized spacial score (nSPS) is 12.3. The van der Waals surface area contributed by atoms with Gasteiger partial charge in [-0.2, -0.15) is 0 Å². The van der Waals surface area contributed by atoms with Crippen molar-refractivity contribution in [1.29, 1.82) is 0 Å². The van der Waals surface area contributed by atoms with E-state index in [2.05, 4.69) is 15.5 Å². The largest absolute Gasteiger partial charge is 0.419 e. The minimum absolute atomic E-state index is 0.0235. The van der Waals surface area contributed by atoms with E-state index in [-0.39, 0.29) is 11.7 Å².